The summed E-state index contributed by atoms with van der Waals surface area (Å²) in [7, 11) is -3.46. The van der Waals surface area contributed by atoms with Gasteiger partial charge in [-0.25, -0.2) is 8.42 Å². The Hall–Kier alpha value is -2.22. The first-order valence-corrected chi connectivity index (χ1v) is 11.1. The highest BCUT2D eigenvalue weighted by Gasteiger charge is 2.28. The van der Waals surface area contributed by atoms with E-state index in [4.69, 9.17) is 0 Å². The Morgan fingerprint density at radius 3 is 2.29 bits per heavy atom. The number of hydrogen-bond donors (Lipinski definition) is 0. The number of aromatic nitrogens is 2. The summed E-state index contributed by atoms with van der Waals surface area (Å²) in [4.78, 5) is 2.69. The molecule has 0 saturated carbocycles. The molecule has 0 radical (unpaired) electrons. The minimum absolute atomic E-state index is 0.377. The monoisotopic (exact) mass is 398 g/mol. The summed E-state index contributed by atoms with van der Waals surface area (Å²) in [6.07, 6.45) is 0. The largest absolute Gasteiger partial charge is 0.299 e. The fraction of sp³-hybridized carbons (Fsp3) is 0.381. The van der Waals surface area contributed by atoms with E-state index in [1.165, 1.54) is 0 Å². The molecule has 0 atom stereocenters. The number of sulfonamides is 1. The minimum atomic E-state index is -3.46. The number of fused-ring (bicyclic) bond motifs is 1. The second-order valence-electron chi connectivity index (χ2n) is 7.40. The van der Waals surface area contributed by atoms with Crippen molar-refractivity contribution in [2.45, 2.75) is 25.3 Å². The number of rotatable bonds is 5. The van der Waals surface area contributed by atoms with Crippen LogP contribution in [0.15, 0.2) is 53.4 Å². The summed E-state index contributed by atoms with van der Waals surface area (Å²) in [6.45, 7) is 8.30. The van der Waals surface area contributed by atoms with Crippen molar-refractivity contribution in [2.75, 3.05) is 32.7 Å². The van der Waals surface area contributed by atoms with Crippen LogP contribution in [-0.2, 0) is 16.6 Å². The highest BCUT2D eigenvalue weighted by molar-refractivity contribution is 7.89. The molecule has 2 aromatic carbocycles. The second-order valence-corrected chi connectivity index (χ2v) is 9.34. The molecule has 0 aliphatic carbocycles. The lowest BCUT2D eigenvalue weighted by atomic mass is 10.1. The standard InChI is InChI=1S/C21H26N4O2S/c1-17-15-18(2)25(22-17)14-11-23-9-12-24(13-10-23)28(26,27)21-8-7-19-5-3-4-6-20(19)16-21/h3-8,15-16H,9-14H2,1-2H3. The van der Waals surface area contributed by atoms with Gasteiger partial charge in [-0.1, -0.05) is 30.3 Å². The fourth-order valence-corrected chi connectivity index (χ4v) is 5.27. The Labute approximate surface area is 166 Å². The average molecular weight is 399 g/mol. The lowest BCUT2D eigenvalue weighted by molar-refractivity contribution is 0.180. The Morgan fingerprint density at radius 2 is 1.61 bits per heavy atom. The number of piperazine rings is 1. The molecular formula is C21H26N4O2S. The van der Waals surface area contributed by atoms with Crippen molar-refractivity contribution >= 4 is 20.8 Å². The molecule has 0 N–H and O–H groups in total. The average Bonchev–Trinajstić information content (AvgIpc) is 3.03. The molecule has 148 valence electrons. The predicted octanol–water partition coefficient (Wildman–Crippen LogP) is 2.66. The van der Waals surface area contributed by atoms with Gasteiger partial charge in [-0.3, -0.25) is 9.58 Å². The molecule has 4 rings (SSSR count). The summed E-state index contributed by atoms with van der Waals surface area (Å²) in [5, 5.41) is 6.50. The SMILES string of the molecule is Cc1cc(C)n(CCN2CCN(S(=O)(=O)c3ccc4ccccc4c3)CC2)n1. The van der Waals surface area contributed by atoms with Crippen LogP contribution in [0, 0.1) is 13.8 Å². The third kappa shape index (κ3) is 3.83. The van der Waals surface area contributed by atoms with E-state index in [0.29, 0.717) is 18.0 Å². The van der Waals surface area contributed by atoms with E-state index in [2.05, 4.69) is 23.0 Å². The zero-order chi connectivity index (χ0) is 19.7. The van der Waals surface area contributed by atoms with Gasteiger partial charge in [0.15, 0.2) is 0 Å². The topological polar surface area (TPSA) is 58.4 Å². The van der Waals surface area contributed by atoms with Gasteiger partial charge in [-0.05, 0) is 42.8 Å². The van der Waals surface area contributed by atoms with Crippen LogP contribution in [0.2, 0.25) is 0 Å². The zero-order valence-corrected chi connectivity index (χ0v) is 17.2. The van der Waals surface area contributed by atoms with Crippen molar-refractivity contribution < 1.29 is 8.42 Å². The molecule has 1 aromatic heterocycles. The Balaban J connectivity index is 1.40. The van der Waals surface area contributed by atoms with E-state index >= 15 is 0 Å². The van der Waals surface area contributed by atoms with Crippen molar-refractivity contribution in [1.82, 2.24) is 19.0 Å². The first-order chi connectivity index (χ1) is 13.4. The first-order valence-electron chi connectivity index (χ1n) is 9.66. The van der Waals surface area contributed by atoms with Gasteiger partial charge in [0.1, 0.15) is 0 Å². The molecule has 0 unspecified atom stereocenters. The zero-order valence-electron chi connectivity index (χ0n) is 16.4. The van der Waals surface area contributed by atoms with E-state index in [9.17, 15) is 8.42 Å². The van der Waals surface area contributed by atoms with Crippen LogP contribution in [0.5, 0.6) is 0 Å². The summed E-state index contributed by atoms with van der Waals surface area (Å²) >= 11 is 0. The molecule has 1 fully saturated rings. The molecule has 0 bridgehead atoms. The third-order valence-electron chi connectivity index (χ3n) is 5.42. The third-order valence-corrected chi connectivity index (χ3v) is 7.32. The number of aryl methyl sites for hydroxylation is 2. The van der Waals surface area contributed by atoms with Crippen molar-refractivity contribution in [3.05, 3.63) is 59.9 Å². The van der Waals surface area contributed by atoms with Crippen molar-refractivity contribution in [2.24, 2.45) is 0 Å². The second kappa shape index (κ2) is 7.66. The van der Waals surface area contributed by atoms with Crippen LogP contribution in [0.25, 0.3) is 10.8 Å². The van der Waals surface area contributed by atoms with E-state index in [-0.39, 0.29) is 0 Å². The summed E-state index contributed by atoms with van der Waals surface area (Å²) < 4.78 is 29.7. The molecule has 6 nitrogen and oxygen atoms in total. The van der Waals surface area contributed by atoms with Crippen molar-refractivity contribution in [3.8, 4) is 0 Å². The maximum absolute atomic E-state index is 13.1. The van der Waals surface area contributed by atoms with E-state index in [1.54, 1.807) is 16.4 Å². The van der Waals surface area contributed by atoms with Gasteiger partial charge in [-0.15, -0.1) is 0 Å². The van der Waals surface area contributed by atoms with Gasteiger partial charge in [0.05, 0.1) is 17.1 Å². The molecule has 7 heteroatoms. The molecule has 1 aliphatic heterocycles. The van der Waals surface area contributed by atoms with Crippen LogP contribution in [0.4, 0.5) is 0 Å². The number of hydrogen-bond acceptors (Lipinski definition) is 4. The lowest BCUT2D eigenvalue weighted by Gasteiger charge is -2.34. The highest BCUT2D eigenvalue weighted by atomic mass is 32.2. The van der Waals surface area contributed by atoms with Crippen LogP contribution in [0.3, 0.4) is 0 Å². The Bertz CT molecular complexity index is 1080. The number of benzene rings is 2. The molecule has 1 aliphatic rings. The lowest BCUT2D eigenvalue weighted by Crippen LogP contribution is -2.49. The van der Waals surface area contributed by atoms with Gasteiger partial charge < -0.3 is 0 Å². The van der Waals surface area contributed by atoms with Gasteiger partial charge in [-0.2, -0.15) is 9.40 Å². The van der Waals surface area contributed by atoms with Crippen molar-refractivity contribution in [3.63, 3.8) is 0 Å². The minimum Gasteiger partial charge on any atom is -0.299 e. The molecular weight excluding hydrogens is 372 g/mol. The van der Waals surface area contributed by atoms with Crippen LogP contribution in [0.1, 0.15) is 11.4 Å². The van der Waals surface area contributed by atoms with Gasteiger partial charge >= 0.3 is 0 Å². The first kappa shape index (κ1) is 19.1. The molecule has 28 heavy (non-hydrogen) atoms. The van der Waals surface area contributed by atoms with Crippen LogP contribution >= 0.6 is 0 Å². The highest BCUT2D eigenvalue weighted by Crippen LogP contribution is 2.22. The normalized spacial score (nSPS) is 16.6. The fourth-order valence-electron chi connectivity index (χ4n) is 3.81. The van der Waals surface area contributed by atoms with Gasteiger partial charge in [0.25, 0.3) is 0 Å². The Kier molecular flexibility index (Phi) is 5.23. The van der Waals surface area contributed by atoms with E-state index in [0.717, 1.165) is 48.3 Å². The molecule has 3 aromatic rings. The molecule has 0 spiro atoms. The molecule has 1 saturated heterocycles. The smallest absolute Gasteiger partial charge is 0.243 e. The van der Waals surface area contributed by atoms with Crippen LogP contribution < -0.4 is 0 Å². The van der Waals surface area contributed by atoms with Gasteiger partial charge in [0.2, 0.25) is 10.0 Å². The van der Waals surface area contributed by atoms with E-state index < -0.39 is 10.0 Å². The number of nitrogens with zero attached hydrogens (tertiary/aromatic N) is 4. The molecule has 0 amide bonds. The maximum Gasteiger partial charge on any atom is 0.243 e. The molecule has 2 heterocycles. The quantitative estimate of drug-likeness (QED) is 0.663. The Morgan fingerprint density at radius 1 is 0.893 bits per heavy atom. The predicted molar refractivity (Wildman–Crippen MR) is 111 cm³/mol. The maximum atomic E-state index is 13.1. The van der Waals surface area contributed by atoms with Crippen LogP contribution in [-0.4, -0.2) is 60.1 Å². The summed E-state index contributed by atoms with van der Waals surface area (Å²) in [5.74, 6) is 0. The van der Waals surface area contributed by atoms with Gasteiger partial charge in [0, 0.05) is 38.4 Å². The summed E-state index contributed by atoms with van der Waals surface area (Å²) in [6, 6.07) is 15.3. The van der Waals surface area contributed by atoms with E-state index in [1.807, 2.05) is 41.9 Å². The van der Waals surface area contributed by atoms with Crippen molar-refractivity contribution in [1.29, 1.82) is 0 Å². The summed E-state index contributed by atoms with van der Waals surface area (Å²) in [5.41, 5.74) is 2.19.